The number of rotatable bonds is 6. The van der Waals surface area contributed by atoms with Crippen LogP contribution in [0.25, 0.3) is 10.6 Å². The van der Waals surface area contributed by atoms with Gasteiger partial charge in [-0.25, -0.2) is 4.98 Å². The van der Waals surface area contributed by atoms with Crippen LogP contribution in [0.2, 0.25) is 0 Å². The Morgan fingerprint density at radius 1 is 1.23 bits per heavy atom. The monoisotopic (exact) mass is 386 g/mol. The zero-order chi connectivity index (χ0) is 19.3. The topological polar surface area (TPSA) is 59.5 Å². The molecular formula is C17H17F3N2O3S. The van der Waals surface area contributed by atoms with Crippen molar-refractivity contribution in [3.8, 4) is 10.6 Å². The third kappa shape index (κ3) is 4.81. The Bertz CT molecular complexity index is 775. The van der Waals surface area contributed by atoms with Crippen molar-refractivity contribution in [1.82, 2.24) is 9.88 Å². The maximum Gasteiger partial charge on any atom is 0.435 e. The van der Waals surface area contributed by atoms with Gasteiger partial charge in [0.25, 0.3) is 5.91 Å². The fourth-order valence-electron chi connectivity index (χ4n) is 2.13. The Morgan fingerprint density at radius 2 is 1.88 bits per heavy atom. The summed E-state index contributed by atoms with van der Waals surface area (Å²) in [7, 11) is 1.34. The number of aromatic nitrogens is 1. The van der Waals surface area contributed by atoms with E-state index >= 15 is 0 Å². The number of nitrogens with zero attached hydrogens (tertiary/aromatic N) is 2. The predicted molar refractivity (Wildman–Crippen MR) is 90.8 cm³/mol. The predicted octanol–water partition coefficient (Wildman–Crippen LogP) is 3.85. The second-order valence-corrected chi connectivity index (χ2v) is 6.34. The second kappa shape index (κ2) is 8.31. The smallest absolute Gasteiger partial charge is 0.435 e. The van der Waals surface area contributed by atoms with E-state index in [9.17, 15) is 22.8 Å². The summed E-state index contributed by atoms with van der Waals surface area (Å²) in [6.07, 6.45) is -4.85. The van der Waals surface area contributed by atoms with Crippen LogP contribution in [0, 0.1) is 0 Å². The maximum atomic E-state index is 13.3. The molecule has 1 aromatic carbocycles. The van der Waals surface area contributed by atoms with Crippen molar-refractivity contribution in [2.75, 3.05) is 20.2 Å². The van der Waals surface area contributed by atoms with Gasteiger partial charge in [0.05, 0.1) is 13.0 Å². The number of carbonyl (C=O) groups is 2. The molecule has 0 saturated carbocycles. The van der Waals surface area contributed by atoms with Gasteiger partial charge in [0.2, 0.25) is 0 Å². The van der Waals surface area contributed by atoms with Crippen molar-refractivity contribution >= 4 is 23.2 Å². The Labute approximate surface area is 152 Å². The number of halogens is 3. The summed E-state index contributed by atoms with van der Waals surface area (Å²) in [4.78, 5) is 28.0. The van der Waals surface area contributed by atoms with Crippen molar-refractivity contribution in [2.45, 2.75) is 19.5 Å². The van der Waals surface area contributed by atoms with Crippen molar-refractivity contribution < 1.29 is 27.5 Å². The zero-order valence-corrected chi connectivity index (χ0v) is 15.0. The maximum absolute atomic E-state index is 13.3. The molecule has 9 heteroatoms. The quantitative estimate of drug-likeness (QED) is 0.708. The van der Waals surface area contributed by atoms with Crippen molar-refractivity contribution in [3.05, 3.63) is 40.9 Å². The summed E-state index contributed by atoms with van der Waals surface area (Å²) < 4.78 is 44.7. The van der Waals surface area contributed by atoms with E-state index in [1.807, 2.05) is 0 Å². The van der Waals surface area contributed by atoms with E-state index in [0.29, 0.717) is 16.9 Å². The average Bonchev–Trinajstić information content (AvgIpc) is 3.06. The van der Waals surface area contributed by atoms with Gasteiger partial charge in [-0.05, 0) is 6.92 Å². The second-order valence-electron chi connectivity index (χ2n) is 5.34. The molecule has 0 atom stereocenters. The van der Waals surface area contributed by atoms with E-state index in [0.717, 1.165) is 4.90 Å². The molecule has 1 aromatic heterocycles. The minimum Gasteiger partial charge on any atom is -0.466 e. The van der Waals surface area contributed by atoms with Gasteiger partial charge in [-0.2, -0.15) is 13.2 Å². The number of benzene rings is 1. The molecule has 0 spiro atoms. The first-order valence-corrected chi connectivity index (χ1v) is 8.60. The molecule has 0 radical (unpaired) electrons. The Balaban J connectivity index is 2.27. The van der Waals surface area contributed by atoms with Crippen LogP contribution in [0.1, 0.15) is 28.7 Å². The van der Waals surface area contributed by atoms with Gasteiger partial charge < -0.3 is 9.64 Å². The van der Waals surface area contributed by atoms with Gasteiger partial charge in [-0.3, -0.25) is 9.59 Å². The third-order valence-corrected chi connectivity index (χ3v) is 4.51. The lowest BCUT2D eigenvalue weighted by Crippen LogP contribution is -2.30. The van der Waals surface area contributed by atoms with Gasteiger partial charge in [0.1, 0.15) is 9.88 Å². The fourth-order valence-corrected chi connectivity index (χ4v) is 3.21. The number of hydrogen-bond acceptors (Lipinski definition) is 5. The number of amides is 1. The van der Waals surface area contributed by atoms with Crippen LogP contribution in [-0.2, 0) is 15.7 Å². The van der Waals surface area contributed by atoms with Crippen molar-refractivity contribution in [3.63, 3.8) is 0 Å². The molecule has 1 amide bonds. The highest BCUT2D eigenvalue weighted by Crippen LogP contribution is 2.38. The number of carbonyl (C=O) groups excluding carboxylic acids is 2. The first-order chi connectivity index (χ1) is 12.2. The van der Waals surface area contributed by atoms with Crippen molar-refractivity contribution in [2.24, 2.45) is 0 Å². The lowest BCUT2D eigenvalue weighted by Gasteiger charge is -2.16. The molecule has 2 rings (SSSR count). The minimum atomic E-state index is -4.75. The SMILES string of the molecule is CCOC(=O)CCN(C)C(=O)c1sc(-c2ccccc2)nc1C(F)(F)F. The van der Waals surface area contributed by atoms with Crippen LogP contribution in [0.4, 0.5) is 13.2 Å². The van der Waals surface area contributed by atoms with E-state index in [1.165, 1.54) is 7.05 Å². The van der Waals surface area contributed by atoms with Gasteiger partial charge in [-0.1, -0.05) is 30.3 Å². The largest absolute Gasteiger partial charge is 0.466 e. The lowest BCUT2D eigenvalue weighted by molar-refractivity contribution is -0.143. The molecule has 0 aliphatic rings. The van der Waals surface area contributed by atoms with E-state index in [1.54, 1.807) is 37.3 Å². The Morgan fingerprint density at radius 3 is 2.46 bits per heavy atom. The molecule has 0 aliphatic heterocycles. The molecule has 0 bridgehead atoms. The van der Waals surface area contributed by atoms with E-state index in [-0.39, 0.29) is 24.6 Å². The van der Waals surface area contributed by atoms with Crippen LogP contribution < -0.4 is 0 Å². The van der Waals surface area contributed by atoms with E-state index in [2.05, 4.69) is 4.98 Å². The molecule has 26 heavy (non-hydrogen) atoms. The molecule has 0 N–H and O–H groups in total. The summed E-state index contributed by atoms with van der Waals surface area (Å²) in [5.41, 5.74) is -0.717. The first-order valence-electron chi connectivity index (χ1n) is 7.78. The molecule has 0 aliphatic carbocycles. The van der Waals surface area contributed by atoms with Crippen LogP contribution in [-0.4, -0.2) is 42.0 Å². The van der Waals surface area contributed by atoms with Gasteiger partial charge in [0.15, 0.2) is 5.69 Å². The minimum absolute atomic E-state index is 0.0481. The Kier molecular flexibility index (Phi) is 6.36. The standard InChI is InChI=1S/C17H17F3N2O3S/c1-3-25-12(23)9-10-22(2)16(24)13-14(17(18,19)20)21-15(26-13)11-7-5-4-6-8-11/h4-8H,3,9-10H2,1-2H3. The Hall–Kier alpha value is -2.42. The highest BCUT2D eigenvalue weighted by atomic mass is 32.1. The normalized spacial score (nSPS) is 11.3. The summed E-state index contributed by atoms with van der Waals surface area (Å²) in [6, 6.07) is 8.33. The number of alkyl halides is 3. The van der Waals surface area contributed by atoms with Crippen molar-refractivity contribution in [1.29, 1.82) is 0 Å². The molecule has 2 aromatic rings. The van der Waals surface area contributed by atoms with Gasteiger partial charge in [-0.15, -0.1) is 11.3 Å². The fraction of sp³-hybridized carbons (Fsp3) is 0.353. The summed E-state index contributed by atoms with van der Waals surface area (Å²) in [6.45, 7) is 1.79. The summed E-state index contributed by atoms with van der Waals surface area (Å²) in [5, 5.41) is 0.111. The average molecular weight is 386 g/mol. The van der Waals surface area contributed by atoms with Crippen LogP contribution in [0.5, 0.6) is 0 Å². The molecule has 0 fully saturated rings. The summed E-state index contributed by atoms with van der Waals surface area (Å²) in [5.74, 6) is -1.35. The molecule has 140 valence electrons. The van der Waals surface area contributed by atoms with Crippen LogP contribution >= 0.6 is 11.3 Å². The zero-order valence-electron chi connectivity index (χ0n) is 14.2. The molecular weight excluding hydrogens is 369 g/mol. The number of esters is 1. The van der Waals surface area contributed by atoms with E-state index in [4.69, 9.17) is 4.74 Å². The van der Waals surface area contributed by atoms with Gasteiger partial charge >= 0.3 is 12.1 Å². The summed E-state index contributed by atoms with van der Waals surface area (Å²) >= 11 is 0.682. The lowest BCUT2D eigenvalue weighted by atomic mass is 10.2. The van der Waals surface area contributed by atoms with Crippen LogP contribution in [0.3, 0.4) is 0 Å². The molecule has 5 nitrogen and oxygen atoms in total. The molecule has 1 heterocycles. The highest BCUT2D eigenvalue weighted by Gasteiger charge is 2.40. The number of thiazole rings is 1. The number of ether oxygens (including phenoxy) is 1. The third-order valence-electron chi connectivity index (χ3n) is 3.41. The van der Waals surface area contributed by atoms with E-state index < -0.39 is 28.6 Å². The first kappa shape index (κ1) is 19.9. The van der Waals surface area contributed by atoms with Crippen LogP contribution in [0.15, 0.2) is 30.3 Å². The number of hydrogen-bond donors (Lipinski definition) is 0. The molecule has 0 unspecified atom stereocenters. The van der Waals surface area contributed by atoms with Gasteiger partial charge in [0, 0.05) is 19.2 Å². The highest BCUT2D eigenvalue weighted by molar-refractivity contribution is 7.17. The molecule has 0 saturated heterocycles.